The van der Waals surface area contributed by atoms with E-state index in [0.29, 0.717) is 0 Å². The van der Waals surface area contributed by atoms with Gasteiger partial charge in [0.1, 0.15) is 17.0 Å². The highest BCUT2D eigenvalue weighted by Crippen LogP contribution is 2.17. The number of carbonyl (C=O) groups excluding carboxylic acids is 6. The van der Waals surface area contributed by atoms with Crippen LogP contribution < -0.4 is 33.2 Å². The molecule has 0 heterocycles. The number of nitrogens with two attached hydrogens (primary N) is 3. The van der Waals surface area contributed by atoms with Gasteiger partial charge in [-0.05, 0) is 111 Å². The summed E-state index contributed by atoms with van der Waals surface area (Å²) in [5, 5.41) is 7.15. The summed E-state index contributed by atoms with van der Waals surface area (Å²) in [5.41, 5.74) is 21.3. The maximum absolute atomic E-state index is 12.9. The zero-order valence-corrected chi connectivity index (χ0v) is 37.4. The fourth-order valence-electron chi connectivity index (χ4n) is 4.96. The van der Waals surface area contributed by atoms with Crippen molar-refractivity contribution >= 4 is 63.6 Å². The number of halogens is 1. The number of hydrogen-bond acceptors (Lipinski definition) is 10. The quantitative estimate of drug-likeness (QED) is 0.0614. The first-order valence-corrected chi connectivity index (χ1v) is 20.2. The van der Waals surface area contributed by atoms with Gasteiger partial charge in [0.15, 0.2) is 11.5 Å². The Kier molecular flexibility index (Phi) is 21.3. The molecule has 16 heteroatoms. The summed E-state index contributed by atoms with van der Waals surface area (Å²) >= 11 is 1.65. The van der Waals surface area contributed by atoms with Gasteiger partial charge >= 0.3 is 12.2 Å². The Bertz CT molecular complexity index is 1900. The molecule has 0 fully saturated rings. The van der Waals surface area contributed by atoms with Crippen molar-refractivity contribution in [1.82, 2.24) is 16.0 Å². The van der Waals surface area contributed by atoms with E-state index in [9.17, 15) is 28.8 Å². The standard InChI is InChI=1S/C22H35N3O4.C21H33N3O4.BI/c1-22(2,3)29-21(28)25-13-9-8-12-18(24-4)19(26)15-17(20(23)27)14-16-10-6-5-7-11-16;1-21(2,3)28-20(27)24-12-8-7-11-17(22)18(25)14-16(19(23)26)13-15-9-5-4-6-10-15;1-2/h5-7,10-11,17-18,24H,8-9,12-15H2,1-4H3,(H2,23,27)(H,25,28);4-6,9-10,16-17H,7-8,11-14,22H2,1-3H3,(H2,23,26)(H,24,27);/t17-,18+;16-,17+;/m11./s1/i8D2,9D2;7D2,8D2;. The summed E-state index contributed by atoms with van der Waals surface area (Å²) in [6.07, 6.45) is -12.9. The molecule has 0 unspecified atom stereocenters. The number of alkyl carbamates (subject to hydrolysis) is 2. The summed E-state index contributed by atoms with van der Waals surface area (Å²) < 4.78 is 75.1. The predicted octanol–water partition coefficient (Wildman–Crippen LogP) is 5.39. The number of likely N-dealkylation sites (N-methyl/N-ethyl adjacent to an activating group) is 1. The highest BCUT2D eigenvalue weighted by Gasteiger charge is 2.26. The Labute approximate surface area is 377 Å². The average Bonchev–Trinajstić information content (AvgIpc) is 3.21. The van der Waals surface area contributed by atoms with Crippen LogP contribution in [0.1, 0.15) is 115 Å². The normalized spacial score (nSPS) is 16.0. The lowest BCUT2D eigenvalue weighted by molar-refractivity contribution is -0.128. The molecule has 0 aliphatic heterocycles. The lowest BCUT2D eigenvalue weighted by Crippen LogP contribution is -2.38. The van der Waals surface area contributed by atoms with E-state index in [2.05, 4.69) is 21.7 Å². The van der Waals surface area contributed by atoms with Crippen LogP contribution in [-0.2, 0) is 41.5 Å². The zero-order chi connectivity index (χ0) is 52.2. The molecule has 4 atom stereocenters. The molecule has 0 spiro atoms. The molecule has 2 rings (SSSR count). The number of benzene rings is 2. The summed E-state index contributed by atoms with van der Waals surface area (Å²) in [6, 6.07) is 15.7. The fraction of sp³-hybridized carbons (Fsp3) is 0.581. The molecule has 328 valence electrons. The second kappa shape index (κ2) is 30.1. The molecule has 2 aromatic carbocycles. The smallest absolute Gasteiger partial charge is 0.407 e. The molecule has 0 saturated heterocycles. The summed E-state index contributed by atoms with van der Waals surface area (Å²) in [6.45, 7) is 8.57. The highest BCUT2D eigenvalue weighted by atomic mass is 127. The third-order valence-electron chi connectivity index (χ3n) is 7.82. The monoisotopic (exact) mass is 942 g/mol. The maximum atomic E-state index is 12.9. The molecular weight excluding hydrogens is 866 g/mol. The van der Waals surface area contributed by atoms with E-state index in [1.165, 1.54) is 7.05 Å². The summed E-state index contributed by atoms with van der Waals surface area (Å²) in [5.74, 6) is -3.93. The Balaban J connectivity index is 0.00000125. The molecule has 0 aromatic heterocycles. The van der Waals surface area contributed by atoms with Crippen molar-refractivity contribution in [2.45, 2.75) is 129 Å². The van der Waals surface area contributed by atoms with Gasteiger partial charge in [0.25, 0.3) is 0 Å². The Hall–Kier alpha value is -4.03. The van der Waals surface area contributed by atoms with Gasteiger partial charge in [-0.3, -0.25) is 19.2 Å². The lowest BCUT2D eigenvalue weighted by Gasteiger charge is -2.20. The van der Waals surface area contributed by atoms with Crippen molar-refractivity contribution in [3.05, 3.63) is 71.8 Å². The number of Topliss-reactive ketones (excluding diaryl/α,β-unsaturated/α-hetero) is 2. The van der Waals surface area contributed by atoms with Gasteiger partial charge in [-0.25, -0.2) is 9.59 Å². The molecule has 2 radical (unpaired) electrons. The van der Waals surface area contributed by atoms with Crippen molar-refractivity contribution < 1.29 is 49.2 Å². The van der Waals surface area contributed by atoms with Gasteiger partial charge in [-0.1, -0.05) is 60.7 Å². The van der Waals surface area contributed by atoms with Crippen molar-refractivity contribution in [2.24, 2.45) is 29.0 Å². The van der Waals surface area contributed by atoms with Gasteiger partial charge in [-0.15, -0.1) is 0 Å². The lowest BCUT2D eigenvalue weighted by atomic mass is 9.90. The van der Waals surface area contributed by atoms with Crippen molar-refractivity contribution in [3.8, 4) is 0 Å². The molecule has 9 N–H and O–H groups in total. The SMILES string of the molecule is [2H]C([2H])(CNC(=O)OC(C)(C)C)C([2H])([2H])C[C@H](N)C(=O)C[C@@H](Cc1ccccc1)C(N)=O.[2H]C([2H])(CNC(=O)OC(C)(C)C)C([2H])([2H])C[C@H](NC)C(=O)C[C@@H](Cc1ccccc1)C(N)=O.[B]I. The van der Waals surface area contributed by atoms with Crippen LogP contribution in [-0.4, -0.2) is 84.7 Å². The van der Waals surface area contributed by atoms with Crippen molar-refractivity contribution in [2.75, 3.05) is 20.1 Å². The number of primary amides is 2. The van der Waals surface area contributed by atoms with E-state index in [4.69, 9.17) is 37.6 Å². The molecule has 4 amide bonds. The maximum Gasteiger partial charge on any atom is 0.407 e. The van der Waals surface area contributed by atoms with Crippen LogP contribution >= 0.6 is 22.4 Å². The van der Waals surface area contributed by atoms with Crippen LogP contribution in [0.2, 0.25) is 0 Å². The molecule has 59 heavy (non-hydrogen) atoms. The molecule has 0 aliphatic carbocycles. The molecular formula is C43H68BIN6O8. The third kappa shape index (κ3) is 28.1. The highest BCUT2D eigenvalue weighted by molar-refractivity contribution is 14.1. The number of carbonyl (C=O) groups is 6. The second-order valence-electron chi connectivity index (χ2n) is 15.2. The molecule has 0 saturated carbocycles. The number of amides is 4. The van der Waals surface area contributed by atoms with Crippen LogP contribution in [0.15, 0.2) is 60.7 Å². The third-order valence-corrected chi connectivity index (χ3v) is 7.82. The number of ketones is 2. The van der Waals surface area contributed by atoms with E-state index in [1.807, 2.05) is 36.4 Å². The topological polar surface area (TPSA) is 235 Å². The Morgan fingerprint density at radius 1 is 0.661 bits per heavy atom. The second-order valence-corrected chi connectivity index (χ2v) is 15.2. The Morgan fingerprint density at radius 2 is 1.03 bits per heavy atom. The van der Waals surface area contributed by atoms with E-state index in [0.717, 1.165) is 11.1 Å². The molecule has 2 aromatic rings. The first-order valence-electron chi connectivity index (χ1n) is 22.9. The Morgan fingerprint density at radius 3 is 1.39 bits per heavy atom. The minimum atomic E-state index is -2.54. The van der Waals surface area contributed by atoms with E-state index in [1.54, 1.807) is 88.2 Å². The van der Waals surface area contributed by atoms with Crippen molar-refractivity contribution in [1.29, 1.82) is 0 Å². The van der Waals surface area contributed by atoms with Gasteiger partial charge < -0.3 is 42.6 Å². The number of rotatable bonds is 23. The zero-order valence-electron chi connectivity index (χ0n) is 43.2. The minimum Gasteiger partial charge on any atom is -0.444 e. The fourth-order valence-corrected chi connectivity index (χ4v) is 4.96. The first-order chi connectivity index (χ1) is 30.6. The van der Waals surface area contributed by atoms with Crippen molar-refractivity contribution in [3.63, 3.8) is 0 Å². The number of hydrogen-bond donors (Lipinski definition) is 6. The minimum absolute atomic E-state index is 0.203. The van der Waals surface area contributed by atoms with Gasteiger partial charge in [0.05, 0.1) is 12.1 Å². The van der Waals surface area contributed by atoms with Gasteiger partial charge in [0.2, 0.25) is 11.8 Å². The first kappa shape index (κ1) is 41.7. The van der Waals surface area contributed by atoms with Crippen LogP contribution in [0.25, 0.3) is 0 Å². The van der Waals surface area contributed by atoms with E-state index < -0.39 is 122 Å². The largest absolute Gasteiger partial charge is 0.444 e. The number of nitrogens with one attached hydrogen (secondary N) is 3. The van der Waals surface area contributed by atoms with E-state index in [-0.39, 0.29) is 25.7 Å². The van der Waals surface area contributed by atoms with Gasteiger partial charge in [0, 0.05) is 48.7 Å². The van der Waals surface area contributed by atoms with Crippen LogP contribution in [0.3, 0.4) is 0 Å². The van der Waals surface area contributed by atoms with E-state index >= 15 is 0 Å². The average molecular weight is 943 g/mol. The van der Waals surface area contributed by atoms with Gasteiger partial charge in [-0.2, -0.15) is 22.4 Å². The van der Waals surface area contributed by atoms with Crippen LogP contribution in [0.5, 0.6) is 0 Å². The summed E-state index contributed by atoms with van der Waals surface area (Å²) in [4.78, 5) is 72.7. The predicted molar refractivity (Wildman–Crippen MR) is 242 cm³/mol. The van der Waals surface area contributed by atoms with Crippen LogP contribution in [0.4, 0.5) is 9.59 Å². The summed E-state index contributed by atoms with van der Waals surface area (Å²) in [7, 11) is 1.46. The van der Waals surface area contributed by atoms with Crippen LogP contribution in [0, 0.1) is 11.8 Å². The number of ether oxygens (including phenoxy) is 2. The molecule has 0 aliphatic rings. The molecule has 14 nitrogen and oxygen atoms in total. The molecule has 0 bridgehead atoms.